The van der Waals surface area contributed by atoms with E-state index in [1.807, 2.05) is 0 Å². The molecular weight excluding hydrogens is 582 g/mol. The van der Waals surface area contributed by atoms with E-state index in [2.05, 4.69) is 170 Å². The van der Waals surface area contributed by atoms with Gasteiger partial charge in [-0.3, -0.25) is 0 Å². The molecule has 0 amide bonds. The maximum Gasteiger partial charge on any atom is 0.146 e. The van der Waals surface area contributed by atoms with E-state index in [9.17, 15) is 0 Å². The first-order valence-corrected chi connectivity index (χ1v) is 19.8. The number of hydrogen-bond donors (Lipinski definition) is 0. The van der Waals surface area contributed by atoms with Crippen molar-refractivity contribution in [2.24, 2.45) is 0 Å². The number of benzene rings is 5. The predicted octanol–water partition coefficient (Wildman–Crippen LogP) is 11.0. The predicted molar refractivity (Wildman–Crippen MR) is 193 cm³/mol. The minimum Gasteiger partial charge on any atom is -0.348 e. The Bertz CT molecular complexity index is 1650. The fourth-order valence-corrected chi connectivity index (χ4v) is 12.3. The normalized spacial score (nSPS) is 20.0. The molecule has 0 aromatic heterocycles. The van der Waals surface area contributed by atoms with E-state index in [-0.39, 0.29) is 21.4 Å². The highest BCUT2D eigenvalue weighted by atomic mass is 31.1. The first-order valence-electron chi connectivity index (χ1n) is 16.0. The van der Waals surface area contributed by atoms with Gasteiger partial charge in [-0.1, -0.05) is 174 Å². The summed E-state index contributed by atoms with van der Waals surface area (Å²) in [6.45, 7) is 0. The second kappa shape index (κ2) is 13.8. The molecule has 1 aliphatic carbocycles. The van der Waals surface area contributed by atoms with Gasteiger partial charge in [0.05, 0.1) is 0 Å². The van der Waals surface area contributed by atoms with Gasteiger partial charge in [0.2, 0.25) is 0 Å². The lowest BCUT2D eigenvalue weighted by molar-refractivity contribution is 0.317. The molecule has 7 rings (SSSR count). The van der Waals surface area contributed by atoms with Gasteiger partial charge >= 0.3 is 0 Å². The van der Waals surface area contributed by atoms with Crippen molar-refractivity contribution in [2.75, 3.05) is 6.16 Å². The molecule has 2 atom stereocenters. The molecule has 1 fully saturated rings. The van der Waals surface area contributed by atoms with Crippen LogP contribution >= 0.6 is 15.8 Å². The zero-order valence-corrected chi connectivity index (χ0v) is 27.5. The number of fused-ring (bicyclic) bond motifs is 1. The minimum atomic E-state index is -0.396. The Balaban J connectivity index is 1.18. The molecule has 5 aromatic carbocycles. The summed E-state index contributed by atoms with van der Waals surface area (Å²) < 4.78 is 7.05. The molecule has 1 heterocycles. The zero-order valence-electron chi connectivity index (χ0n) is 25.7. The first-order chi connectivity index (χ1) is 22.2. The van der Waals surface area contributed by atoms with Crippen molar-refractivity contribution < 1.29 is 4.74 Å². The summed E-state index contributed by atoms with van der Waals surface area (Å²) in [4.78, 5) is 0. The van der Waals surface area contributed by atoms with Crippen molar-refractivity contribution in [3.8, 4) is 0 Å². The fourth-order valence-electron chi connectivity index (χ4n) is 6.87. The second-order valence-corrected chi connectivity index (χ2v) is 16.9. The molecule has 0 spiro atoms. The molecule has 0 bridgehead atoms. The summed E-state index contributed by atoms with van der Waals surface area (Å²) in [7, 11) is -0.689. The molecule has 5 aromatic rings. The number of allylic oxidation sites excluding steroid dienone is 2. The second-order valence-electron chi connectivity index (χ2n) is 12.3. The molecule has 224 valence electrons. The highest BCUT2D eigenvalue weighted by Gasteiger charge is 2.69. The van der Waals surface area contributed by atoms with Crippen LogP contribution in [0.5, 0.6) is 0 Å². The van der Waals surface area contributed by atoms with Crippen LogP contribution in [0, 0.1) is 0 Å². The number of ether oxygens (including phenoxy) is 1. The standard InChI is InChI=1S/C42H40OP2/c1-5-17-35(18-6-1)29-44(30-36-19-7-2-8-20-36)33-39-25-13-14-26-40(39)42-28-16-15-27-41(42,43-42)34-45(31-37-21-9-3-10-22-37)32-38-23-11-4-12-24-38/h1-28H,29-34H2. The van der Waals surface area contributed by atoms with Gasteiger partial charge in [0.1, 0.15) is 11.2 Å². The molecule has 0 N–H and O–H groups in total. The van der Waals surface area contributed by atoms with Crippen LogP contribution in [0.2, 0.25) is 0 Å². The Morgan fingerprint density at radius 1 is 0.422 bits per heavy atom. The molecule has 3 heteroatoms. The van der Waals surface area contributed by atoms with E-state index in [1.54, 1.807) is 0 Å². The lowest BCUT2D eigenvalue weighted by atomic mass is 9.82. The van der Waals surface area contributed by atoms with E-state index in [4.69, 9.17) is 4.74 Å². The number of epoxide rings is 1. The molecule has 45 heavy (non-hydrogen) atoms. The highest BCUT2D eigenvalue weighted by Crippen LogP contribution is 2.65. The van der Waals surface area contributed by atoms with Crippen LogP contribution < -0.4 is 0 Å². The van der Waals surface area contributed by atoms with E-state index < -0.39 is 5.60 Å². The van der Waals surface area contributed by atoms with Crippen molar-refractivity contribution in [1.29, 1.82) is 0 Å². The van der Waals surface area contributed by atoms with E-state index in [1.165, 1.54) is 33.4 Å². The topological polar surface area (TPSA) is 12.5 Å². The van der Waals surface area contributed by atoms with Crippen LogP contribution in [-0.2, 0) is 41.1 Å². The van der Waals surface area contributed by atoms with Crippen LogP contribution in [0.1, 0.15) is 33.4 Å². The molecule has 2 unspecified atom stereocenters. The third-order valence-electron chi connectivity index (χ3n) is 9.00. The Morgan fingerprint density at radius 2 is 0.844 bits per heavy atom. The van der Waals surface area contributed by atoms with Crippen molar-refractivity contribution in [2.45, 2.75) is 42.0 Å². The van der Waals surface area contributed by atoms with E-state index in [0.29, 0.717) is 0 Å². The van der Waals surface area contributed by atoms with Crippen molar-refractivity contribution >= 4 is 15.8 Å². The molecule has 1 aliphatic heterocycles. The van der Waals surface area contributed by atoms with E-state index >= 15 is 0 Å². The van der Waals surface area contributed by atoms with Crippen molar-refractivity contribution in [3.05, 3.63) is 203 Å². The molecule has 0 radical (unpaired) electrons. The zero-order chi connectivity index (χ0) is 30.4. The molecular formula is C42H40OP2. The third kappa shape index (κ3) is 6.98. The van der Waals surface area contributed by atoms with Crippen LogP contribution in [0.3, 0.4) is 0 Å². The maximum absolute atomic E-state index is 7.05. The monoisotopic (exact) mass is 622 g/mol. The van der Waals surface area contributed by atoms with Crippen LogP contribution in [0.15, 0.2) is 170 Å². The van der Waals surface area contributed by atoms with Crippen LogP contribution in [-0.4, -0.2) is 11.8 Å². The highest BCUT2D eigenvalue weighted by molar-refractivity contribution is 7.56. The van der Waals surface area contributed by atoms with Gasteiger partial charge in [0.25, 0.3) is 0 Å². The van der Waals surface area contributed by atoms with Gasteiger partial charge in [-0.15, -0.1) is 0 Å². The van der Waals surface area contributed by atoms with Gasteiger partial charge in [-0.25, -0.2) is 0 Å². The summed E-state index contributed by atoms with van der Waals surface area (Å²) in [5.41, 5.74) is 7.80. The molecule has 1 nitrogen and oxygen atoms in total. The average molecular weight is 623 g/mol. The lowest BCUT2D eigenvalue weighted by Gasteiger charge is -2.26. The summed E-state index contributed by atoms with van der Waals surface area (Å²) in [5.74, 6) is 0. The van der Waals surface area contributed by atoms with Gasteiger partial charge in [-0.2, -0.15) is 0 Å². The summed E-state index contributed by atoms with van der Waals surface area (Å²) in [6, 6.07) is 53.3. The smallest absolute Gasteiger partial charge is 0.146 e. The summed E-state index contributed by atoms with van der Waals surface area (Å²) in [6.07, 6.45) is 15.7. The van der Waals surface area contributed by atoms with Gasteiger partial charge < -0.3 is 4.74 Å². The largest absolute Gasteiger partial charge is 0.348 e. The third-order valence-corrected chi connectivity index (χ3v) is 14.0. The molecule has 0 saturated carbocycles. The Morgan fingerprint density at radius 3 is 1.36 bits per heavy atom. The van der Waals surface area contributed by atoms with Crippen LogP contribution in [0.25, 0.3) is 0 Å². The van der Waals surface area contributed by atoms with Gasteiger partial charge in [-0.05, 0) is 76.3 Å². The van der Waals surface area contributed by atoms with Gasteiger partial charge in [0, 0.05) is 6.16 Å². The number of hydrogen-bond acceptors (Lipinski definition) is 1. The first kappa shape index (κ1) is 30.1. The SMILES string of the molecule is C1=CC2(CP(Cc3ccccc3)Cc3ccccc3)OC2(c2ccccc2CP(Cc2ccccc2)Cc2ccccc2)C=C1. The summed E-state index contributed by atoms with van der Waals surface area (Å²) >= 11 is 0. The Kier molecular flexibility index (Phi) is 9.23. The van der Waals surface area contributed by atoms with Crippen LogP contribution in [0.4, 0.5) is 0 Å². The Labute approximate surface area is 271 Å². The maximum atomic E-state index is 7.05. The van der Waals surface area contributed by atoms with Crippen molar-refractivity contribution in [1.82, 2.24) is 0 Å². The average Bonchev–Trinajstić information content (AvgIpc) is 3.76. The quantitative estimate of drug-likeness (QED) is 0.0940. The molecule has 1 saturated heterocycles. The van der Waals surface area contributed by atoms with Gasteiger partial charge in [0.15, 0.2) is 0 Å². The summed E-state index contributed by atoms with van der Waals surface area (Å²) in [5, 5.41) is 0. The van der Waals surface area contributed by atoms with E-state index in [0.717, 1.165) is 37.0 Å². The fraction of sp³-hybridized carbons (Fsp3) is 0.190. The van der Waals surface area contributed by atoms with Crippen molar-refractivity contribution in [3.63, 3.8) is 0 Å². The lowest BCUT2D eigenvalue weighted by Crippen LogP contribution is -2.27. The minimum absolute atomic E-state index is 0.297. The molecule has 2 aliphatic rings. The Hall–Kier alpha value is -3.60. The number of rotatable bonds is 13.